The van der Waals surface area contributed by atoms with Gasteiger partial charge in [-0.25, -0.2) is 0 Å². The molecule has 0 bridgehead atoms. The Labute approximate surface area is 662 Å². The summed E-state index contributed by atoms with van der Waals surface area (Å²) in [7, 11) is 0. The van der Waals surface area contributed by atoms with Crippen molar-refractivity contribution >= 4 is 129 Å². The van der Waals surface area contributed by atoms with Gasteiger partial charge >= 0.3 is 0 Å². The zero-order valence-corrected chi connectivity index (χ0v) is 62.7. The van der Waals surface area contributed by atoms with Crippen molar-refractivity contribution in [1.82, 2.24) is 0 Å². The minimum atomic E-state index is 1.23. The van der Waals surface area contributed by atoms with Crippen LogP contribution in [0.25, 0.3) is 218 Å². The molecular formula is C114H74. The van der Waals surface area contributed by atoms with Crippen LogP contribution in [-0.4, -0.2) is 0 Å². The molecule has 0 fully saturated rings. The Morgan fingerprint density at radius 1 is 0.0877 bits per heavy atom. The number of benzene rings is 23. The predicted molar refractivity (Wildman–Crippen MR) is 493 cm³/mol. The SMILES string of the molecule is c1ccc(-c2c3ccccc3c(-c3ccc(-c4cccc5ccccc45)cc3)c3ccccc23)cc1.c1ccc2cc(-c3c4ccccc4c(-c4cc5ccccc5c5ccccc45)c4ccccc34)ccc2c1.c1ccc2cc(-c3ccc(-c4c5ccccc5c(-c5cccc6ccccc56)c5ccccc45)cc3)ccc2c1. The Kier molecular flexibility index (Phi) is 17.1. The second-order valence-corrected chi connectivity index (χ2v) is 29.9. The maximum Gasteiger partial charge on any atom is -0.00199 e. The van der Waals surface area contributed by atoms with Crippen molar-refractivity contribution in [3.05, 3.63) is 449 Å². The Balaban J connectivity index is 0.000000108. The fourth-order valence-corrected chi connectivity index (χ4v) is 18.4. The monoisotopic (exact) mass is 1440 g/mol. The summed E-state index contributed by atoms with van der Waals surface area (Å²) in [6.45, 7) is 0. The molecule has 0 N–H and O–H groups in total. The third-order valence-electron chi connectivity index (χ3n) is 23.5. The molecule has 0 aliphatic rings. The average Bonchev–Trinajstić information content (AvgIpc) is 0.730. The van der Waals surface area contributed by atoms with Crippen molar-refractivity contribution in [3.8, 4) is 89.0 Å². The van der Waals surface area contributed by atoms with E-state index in [-0.39, 0.29) is 0 Å². The van der Waals surface area contributed by atoms with Crippen molar-refractivity contribution in [3.63, 3.8) is 0 Å². The van der Waals surface area contributed by atoms with Gasteiger partial charge in [0.15, 0.2) is 0 Å². The summed E-state index contributed by atoms with van der Waals surface area (Å²) in [4.78, 5) is 0. The molecule has 0 radical (unpaired) electrons. The largest absolute Gasteiger partial charge is 0.0622 e. The topological polar surface area (TPSA) is 0 Å². The molecule has 0 atom stereocenters. The molecule has 23 rings (SSSR count). The van der Waals surface area contributed by atoms with Gasteiger partial charge in [-0.2, -0.15) is 0 Å². The van der Waals surface area contributed by atoms with Crippen LogP contribution in [-0.2, 0) is 0 Å². The molecule has 0 heteroatoms. The summed E-state index contributed by atoms with van der Waals surface area (Å²) in [5.74, 6) is 0. The minimum Gasteiger partial charge on any atom is -0.0622 e. The molecule has 0 unspecified atom stereocenters. The van der Waals surface area contributed by atoms with Crippen molar-refractivity contribution in [1.29, 1.82) is 0 Å². The first-order valence-electron chi connectivity index (χ1n) is 39.5. The minimum absolute atomic E-state index is 1.23. The highest BCUT2D eigenvalue weighted by molar-refractivity contribution is 6.28. The summed E-state index contributed by atoms with van der Waals surface area (Å²) in [5.41, 5.74) is 20.4. The maximum atomic E-state index is 2.39. The number of hydrogen-bond donors (Lipinski definition) is 0. The molecular weight excluding hydrogens is 1370 g/mol. The second kappa shape index (κ2) is 28.9. The van der Waals surface area contributed by atoms with Crippen molar-refractivity contribution < 1.29 is 0 Å². The van der Waals surface area contributed by atoms with Gasteiger partial charge in [0.2, 0.25) is 0 Å². The van der Waals surface area contributed by atoms with Crippen LogP contribution in [0.4, 0.5) is 0 Å². The first-order valence-corrected chi connectivity index (χ1v) is 39.5. The molecule has 0 saturated heterocycles. The lowest BCUT2D eigenvalue weighted by atomic mass is 9.83. The molecule has 0 amide bonds. The molecule has 114 heavy (non-hydrogen) atoms. The number of hydrogen-bond acceptors (Lipinski definition) is 0. The van der Waals surface area contributed by atoms with Crippen LogP contribution >= 0.6 is 0 Å². The molecule has 0 aliphatic heterocycles. The molecule has 23 aromatic carbocycles. The molecule has 0 saturated carbocycles. The fourth-order valence-electron chi connectivity index (χ4n) is 18.4. The predicted octanol–water partition coefficient (Wildman–Crippen LogP) is 32.2. The lowest BCUT2D eigenvalue weighted by Crippen LogP contribution is -1.92. The molecule has 0 spiro atoms. The van der Waals surface area contributed by atoms with E-state index in [0.29, 0.717) is 0 Å². The van der Waals surface area contributed by atoms with Gasteiger partial charge in [-0.15, -0.1) is 0 Å². The standard InChI is InChI=1S/C40H26.C38H24.C36H24/c1-2-12-31-26-32(25-22-27(31)10-1)28-20-23-30(24-21-28)39-35-15-5-7-17-37(35)40(38-18-8-6-16-36(38)39)34-19-9-13-29-11-3-4-14-33(29)34;1-2-12-26-23-28(22-21-25(26)11-1)37-32-17-7-9-19-34(32)38(35-20-10-8-18-33(35)37)36-24-27-13-3-4-14-29(27)30-15-5-6-16-31(30)36;1-2-12-27(13-3-1)35-31-16-6-8-18-33(31)36(34-19-9-7-17-32(34)35)28-23-21-26(22-24-28)30-20-10-14-25-11-4-5-15-29(25)30/h1-26H;1-24H;1-24H. The Bertz CT molecular complexity index is 7510. The van der Waals surface area contributed by atoms with Crippen LogP contribution in [0.1, 0.15) is 0 Å². The van der Waals surface area contributed by atoms with Crippen molar-refractivity contribution in [2.75, 3.05) is 0 Å². The van der Waals surface area contributed by atoms with Crippen LogP contribution in [0, 0.1) is 0 Å². The third kappa shape index (κ3) is 11.9. The van der Waals surface area contributed by atoms with E-state index >= 15 is 0 Å². The zero-order chi connectivity index (χ0) is 75.4. The summed E-state index contributed by atoms with van der Waals surface area (Å²) in [6, 6.07) is 164. The summed E-state index contributed by atoms with van der Waals surface area (Å²) in [6.07, 6.45) is 0. The van der Waals surface area contributed by atoms with Gasteiger partial charge in [0, 0.05) is 0 Å². The molecule has 0 aromatic heterocycles. The molecule has 0 aliphatic carbocycles. The Morgan fingerprint density at radius 3 is 0.798 bits per heavy atom. The number of rotatable bonds is 8. The molecule has 0 nitrogen and oxygen atoms in total. The van der Waals surface area contributed by atoms with Gasteiger partial charge in [-0.1, -0.05) is 431 Å². The zero-order valence-electron chi connectivity index (χ0n) is 62.7. The molecule has 530 valence electrons. The van der Waals surface area contributed by atoms with E-state index in [0.717, 1.165) is 0 Å². The first kappa shape index (κ1) is 67.3. The highest BCUT2D eigenvalue weighted by atomic mass is 14.3. The lowest BCUT2D eigenvalue weighted by Gasteiger charge is -2.19. The first-order chi connectivity index (χ1) is 56.6. The van der Waals surface area contributed by atoms with E-state index in [2.05, 4.69) is 449 Å². The average molecular weight is 1440 g/mol. The van der Waals surface area contributed by atoms with Gasteiger partial charge in [-0.05, 0) is 236 Å². The van der Waals surface area contributed by atoms with Crippen molar-refractivity contribution in [2.45, 2.75) is 0 Å². The van der Waals surface area contributed by atoms with Crippen LogP contribution in [0.5, 0.6) is 0 Å². The van der Waals surface area contributed by atoms with Crippen LogP contribution in [0.2, 0.25) is 0 Å². The Hall–Kier alpha value is -14.8. The highest BCUT2D eigenvalue weighted by Crippen LogP contribution is 2.50. The smallest absolute Gasteiger partial charge is 0.00199 e. The summed E-state index contributed by atoms with van der Waals surface area (Å²) < 4.78 is 0. The number of fused-ring (bicyclic) bond motifs is 13. The van der Waals surface area contributed by atoms with E-state index < -0.39 is 0 Å². The van der Waals surface area contributed by atoms with E-state index in [9.17, 15) is 0 Å². The normalized spacial score (nSPS) is 11.5. The maximum absolute atomic E-state index is 2.39. The Morgan fingerprint density at radius 2 is 0.351 bits per heavy atom. The van der Waals surface area contributed by atoms with Crippen LogP contribution in [0.15, 0.2) is 449 Å². The fraction of sp³-hybridized carbons (Fsp3) is 0. The lowest BCUT2D eigenvalue weighted by molar-refractivity contribution is 1.63. The second-order valence-electron chi connectivity index (χ2n) is 29.9. The van der Waals surface area contributed by atoms with Gasteiger partial charge in [0.1, 0.15) is 0 Å². The van der Waals surface area contributed by atoms with Gasteiger partial charge in [-0.3, -0.25) is 0 Å². The van der Waals surface area contributed by atoms with E-state index in [4.69, 9.17) is 0 Å². The van der Waals surface area contributed by atoms with Gasteiger partial charge in [0.05, 0.1) is 0 Å². The van der Waals surface area contributed by atoms with Gasteiger partial charge in [0.25, 0.3) is 0 Å². The van der Waals surface area contributed by atoms with E-state index in [1.54, 1.807) is 0 Å². The van der Waals surface area contributed by atoms with Gasteiger partial charge < -0.3 is 0 Å². The van der Waals surface area contributed by atoms with E-state index in [1.807, 2.05) is 0 Å². The van der Waals surface area contributed by atoms with Crippen LogP contribution < -0.4 is 0 Å². The quantitative estimate of drug-likeness (QED) is 0.105. The molecule has 23 aromatic rings. The van der Waals surface area contributed by atoms with Crippen LogP contribution in [0.3, 0.4) is 0 Å². The summed E-state index contributed by atoms with van der Waals surface area (Å²) >= 11 is 0. The third-order valence-corrected chi connectivity index (χ3v) is 23.5. The van der Waals surface area contributed by atoms with E-state index in [1.165, 1.54) is 218 Å². The summed E-state index contributed by atoms with van der Waals surface area (Å²) in [5, 5.41) is 30.8. The highest BCUT2D eigenvalue weighted by Gasteiger charge is 2.23. The van der Waals surface area contributed by atoms with Crippen molar-refractivity contribution in [2.24, 2.45) is 0 Å². The molecule has 0 heterocycles.